The zero-order valence-electron chi connectivity index (χ0n) is 10.5. The van der Waals surface area contributed by atoms with Crippen molar-refractivity contribution >= 4 is 17.3 Å². The van der Waals surface area contributed by atoms with E-state index in [2.05, 4.69) is 5.32 Å². The van der Waals surface area contributed by atoms with E-state index in [9.17, 15) is 14.9 Å². The molecule has 1 aromatic carbocycles. The normalized spacial score (nSPS) is 11.9. The number of nitrogens with one attached hydrogen (secondary N) is 1. The highest BCUT2D eigenvalue weighted by Gasteiger charge is 2.12. The molecule has 6 heteroatoms. The Kier molecular flexibility index (Phi) is 4.79. The lowest BCUT2D eigenvalue weighted by Crippen LogP contribution is -2.19. The average Bonchev–Trinajstić information content (AvgIpc) is 2.28. The molecule has 0 aliphatic carbocycles. The van der Waals surface area contributed by atoms with Crippen LogP contribution in [-0.2, 0) is 4.79 Å². The zero-order valence-corrected chi connectivity index (χ0v) is 10.5. The summed E-state index contributed by atoms with van der Waals surface area (Å²) in [4.78, 5) is 21.8. The summed E-state index contributed by atoms with van der Waals surface area (Å²) in [6.45, 7) is 3.48. The van der Waals surface area contributed by atoms with Crippen molar-refractivity contribution in [3.05, 3.63) is 33.9 Å². The summed E-state index contributed by atoms with van der Waals surface area (Å²) in [7, 11) is 0. The molecule has 6 nitrogen and oxygen atoms in total. The van der Waals surface area contributed by atoms with Crippen LogP contribution >= 0.6 is 0 Å². The second-order valence-corrected chi connectivity index (χ2v) is 4.32. The molecule has 3 N–H and O–H groups in total. The summed E-state index contributed by atoms with van der Waals surface area (Å²) in [5.74, 6) is -0.189. The molecular formula is C12H17N3O3. The number of rotatable bonds is 5. The molecule has 1 unspecified atom stereocenters. The van der Waals surface area contributed by atoms with Crippen LogP contribution in [0.25, 0.3) is 0 Å². The second-order valence-electron chi connectivity index (χ2n) is 4.32. The molecule has 0 aromatic heterocycles. The molecule has 0 fully saturated rings. The van der Waals surface area contributed by atoms with Gasteiger partial charge in [-0.1, -0.05) is 6.07 Å². The van der Waals surface area contributed by atoms with E-state index in [4.69, 9.17) is 5.73 Å². The molecule has 0 heterocycles. The van der Waals surface area contributed by atoms with Gasteiger partial charge in [0.15, 0.2) is 0 Å². The van der Waals surface area contributed by atoms with Gasteiger partial charge in [0.25, 0.3) is 5.69 Å². The molecule has 0 saturated carbocycles. The van der Waals surface area contributed by atoms with Gasteiger partial charge in [0, 0.05) is 29.8 Å². The van der Waals surface area contributed by atoms with E-state index >= 15 is 0 Å². The van der Waals surface area contributed by atoms with E-state index in [0.29, 0.717) is 24.1 Å². The minimum absolute atomic E-state index is 0.00000656. The number of nitro benzene ring substituents is 1. The highest BCUT2D eigenvalue weighted by Crippen LogP contribution is 2.22. The quantitative estimate of drug-likeness (QED) is 0.617. The van der Waals surface area contributed by atoms with E-state index in [0.717, 1.165) is 0 Å². The predicted molar refractivity (Wildman–Crippen MR) is 69.3 cm³/mol. The lowest BCUT2D eigenvalue weighted by Gasteiger charge is -2.07. The highest BCUT2D eigenvalue weighted by molar-refractivity contribution is 5.91. The van der Waals surface area contributed by atoms with Gasteiger partial charge in [0.1, 0.15) is 0 Å². The number of aryl methyl sites for hydroxylation is 1. The maximum Gasteiger partial charge on any atom is 0.274 e. The van der Waals surface area contributed by atoms with E-state index in [1.165, 1.54) is 6.07 Å². The third-order valence-electron chi connectivity index (χ3n) is 2.52. The Labute approximate surface area is 105 Å². The highest BCUT2D eigenvalue weighted by atomic mass is 16.6. The van der Waals surface area contributed by atoms with Crippen molar-refractivity contribution in [3.63, 3.8) is 0 Å². The van der Waals surface area contributed by atoms with Crippen LogP contribution in [0.3, 0.4) is 0 Å². The Balaban J connectivity index is 2.70. The summed E-state index contributed by atoms with van der Waals surface area (Å²) in [6.07, 6.45) is 0.888. The Bertz CT molecular complexity index is 458. The van der Waals surface area contributed by atoms with Crippen molar-refractivity contribution in [1.82, 2.24) is 0 Å². The molecule has 0 aliphatic heterocycles. The molecule has 1 amide bonds. The van der Waals surface area contributed by atoms with Crippen LogP contribution in [0.15, 0.2) is 18.2 Å². The van der Waals surface area contributed by atoms with E-state index < -0.39 is 4.92 Å². The van der Waals surface area contributed by atoms with Crippen LogP contribution in [0.1, 0.15) is 25.3 Å². The van der Waals surface area contributed by atoms with Gasteiger partial charge in [-0.05, 0) is 26.3 Å². The third-order valence-corrected chi connectivity index (χ3v) is 2.52. The number of benzene rings is 1. The standard InChI is InChI=1S/C12H17N3O3/c1-8-3-5-10(7-11(8)15(17)18)14-12(16)6-4-9(2)13/h3,5,7,9H,4,6,13H2,1-2H3,(H,14,16). The van der Waals surface area contributed by atoms with Crippen molar-refractivity contribution in [2.45, 2.75) is 32.7 Å². The van der Waals surface area contributed by atoms with Crippen molar-refractivity contribution in [2.75, 3.05) is 5.32 Å². The SMILES string of the molecule is Cc1ccc(NC(=O)CCC(C)N)cc1[N+](=O)[O-]. The number of anilines is 1. The van der Waals surface area contributed by atoms with Gasteiger partial charge in [-0.25, -0.2) is 0 Å². The van der Waals surface area contributed by atoms with Crippen molar-refractivity contribution in [1.29, 1.82) is 0 Å². The smallest absolute Gasteiger partial charge is 0.274 e. The van der Waals surface area contributed by atoms with Gasteiger partial charge in [0.2, 0.25) is 5.91 Å². The average molecular weight is 251 g/mol. The summed E-state index contributed by atoms with van der Waals surface area (Å²) in [6, 6.07) is 4.58. The maximum absolute atomic E-state index is 11.5. The first-order valence-corrected chi connectivity index (χ1v) is 5.70. The van der Waals surface area contributed by atoms with Crippen molar-refractivity contribution < 1.29 is 9.72 Å². The van der Waals surface area contributed by atoms with Gasteiger partial charge in [0.05, 0.1) is 4.92 Å². The molecule has 0 spiro atoms. The van der Waals surface area contributed by atoms with Gasteiger partial charge < -0.3 is 11.1 Å². The monoisotopic (exact) mass is 251 g/mol. The maximum atomic E-state index is 11.5. The molecule has 98 valence electrons. The van der Waals surface area contributed by atoms with Crippen LogP contribution in [-0.4, -0.2) is 16.9 Å². The number of hydrogen-bond acceptors (Lipinski definition) is 4. The van der Waals surface area contributed by atoms with Gasteiger partial charge in [-0.15, -0.1) is 0 Å². The van der Waals surface area contributed by atoms with Crippen LogP contribution in [0, 0.1) is 17.0 Å². The summed E-state index contributed by atoms with van der Waals surface area (Å²) in [5, 5.41) is 13.4. The minimum atomic E-state index is -0.465. The minimum Gasteiger partial charge on any atom is -0.328 e. The fourth-order valence-electron chi connectivity index (χ4n) is 1.47. The molecule has 0 radical (unpaired) electrons. The van der Waals surface area contributed by atoms with Crippen LogP contribution in [0.5, 0.6) is 0 Å². The molecule has 0 bridgehead atoms. The van der Waals surface area contributed by atoms with E-state index in [1.54, 1.807) is 19.1 Å². The molecule has 0 saturated heterocycles. The van der Waals surface area contributed by atoms with E-state index in [-0.39, 0.29) is 17.6 Å². The van der Waals surface area contributed by atoms with Gasteiger partial charge >= 0.3 is 0 Å². The second kappa shape index (κ2) is 6.11. The van der Waals surface area contributed by atoms with Crippen LogP contribution in [0.4, 0.5) is 11.4 Å². The number of carbonyl (C=O) groups excluding carboxylic acids is 1. The largest absolute Gasteiger partial charge is 0.328 e. The Morgan fingerprint density at radius 2 is 2.22 bits per heavy atom. The first kappa shape index (κ1) is 14.1. The molecule has 1 rings (SSSR count). The van der Waals surface area contributed by atoms with Crippen LogP contribution < -0.4 is 11.1 Å². The molecular weight excluding hydrogens is 234 g/mol. The van der Waals surface area contributed by atoms with Gasteiger partial charge in [-0.2, -0.15) is 0 Å². The first-order chi connectivity index (χ1) is 8.40. The summed E-state index contributed by atoms with van der Waals surface area (Å²) < 4.78 is 0. The number of nitrogens with two attached hydrogens (primary N) is 1. The van der Waals surface area contributed by atoms with Crippen LogP contribution in [0.2, 0.25) is 0 Å². The fraction of sp³-hybridized carbons (Fsp3) is 0.417. The van der Waals surface area contributed by atoms with Crippen molar-refractivity contribution in [2.24, 2.45) is 5.73 Å². The number of hydrogen-bond donors (Lipinski definition) is 2. The molecule has 0 aliphatic rings. The lowest BCUT2D eigenvalue weighted by atomic mass is 10.1. The Morgan fingerprint density at radius 1 is 1.56 bits per heavy atom. The molecule has 18 heavy (non-hydrogen) atoms. The number of amides is 1. The Hall–Kier alpha value is -1.95. The Morgan fingerprint density at radius 3 is 2.78 bits per heavy atom. The lowest BCUT2D eigenvalue weighted by molar-refractivity contribution is -0.385. The molecule has 1 atom stereocenters. The number of carbonyl (C=O) groups is 1. The molecule has 1 aromatic rings. The predicted octanol–water partition coefficient (Wildman–Crippen LogP) is 1.97. The fourth-order valence-corrected chi connectivity index (χ4v) is 1.47. The topological polar surface area (TPSA) is 98.3 Å². The number of nitro groups is 1. The summed E-state index contributed by atoms with van der Waals surface area (Å²) in [5.41, 5.74) is 6.54. The first-order valence-electron chi connectivity index (χ1n) is 5.70. The zero-order chi connectivity index (χ0) is 13.7. The van der Waals surface area contributed by atoms with Crippen molar-refractivity contribution in [3.8, 4) is 0 Å². The summed E-state index contributed by atoms with van der Waals surface area (Å²) >= 11 is 0. The van der Waals surface area contributed by atoms with E-state index in [1.807, 2.05) is 6.92 Å². The van der Waals surface area contributed by atoms with Gasteiger partial charge in [-0.3, -0.25) is 14.9 Å². The third kappa shape index (κ3) is 4.14. The number of nitrogens with zero attached hydrogens (tertiary/aromatic N) is 1.